The van der Waals surface area contributed by atoms with Gasteiger partial charge in [0.2, 0.25) is 0 Å². The lowest BCUT2D eigenvalue weighted by Gasteiger charge is -2.10. The third kappa shape index (κ3) is 1.98. The number of nitriles is 1. The van der Waals surface area contributed by atoms with E-state index < -0.39 is 0 Å². The van der Waals surface area contributed by atoms with Crippen molar-refractivity contribution in [3.8, 4) is 11.8 Å². The minimum atomic E-state index is -0.284. The van der Waals surface area contributed by atoms with Gasteiger partial charge in [-0.15, -0.1) is 0 Å². The molecule has 0 spiro atoms. The molecule has 0 aromatic heterocycles. The molecule has 1 aromatic rings. The van der Waals surface area contributed by atoms with Crippen LogP contribution in [0.5, 0.6) is 5.75 Å². The molecule has 1 aliphatic rings. The second-order valence-corrected chi connectivity index (χ2v) is 3.69. The van der Waals surface area contributed by atoms with Crippen molar-refractivity contribution in [2.75, 3.05) is 7.05 Å². The van der Waals surface area contributed by atoms with Gasteiger partial charge in [-0.3, -0.25) is 4.79 Å². The smallest absolute Gasteiger partial charge is 0.256 e. The Labute approximate surface area is 93.8 Å². The number of nitrogens with zero attached hydrogens (tertiary/aromatic N) is 1. The fraction of sp³-hybridized carbons (Fsp3) is 0.333. The SMILES string of the molecule is CNC(=O)c1c(C#N)cccc1OC1CC1. The lowest BCUT2D eigenvalue weighted by Crippen LogP contribution is -2.20. The van der Waals surface area contributed by atoms with E-state index in [-0.39, 0.29) is 12.0 Å². The van der Waals surface area contributed by atoms with E-state index in [2.05, 4.69) is 5.32 Å². The summed E-state index contributed by atoms with van der Waals surface area (Å²) in [6.07, 6.45) is 2.24. The molecule has 4 nitrogen and oxygen atoms in total. The fourth-order valence-electron chi connectivity index (χ4n) is 1.45. The zero-order valence-electron chi connectivity index (χ0n) is 8.99. The number of carbonyl (C=O) groups is 1. The Morgan fingerprint density at radius 2 is 2.31 bits per heavy atom. The Morgan fingerprint density at radius 1 is 1.56 bits per heavy atom. The van der Waals surface area contributed by atoms with E-state index in [0.717, 1.165) is 12.8 Å². The highest BCUT2D eigenvalue weighted by Gasteiger charge is 2.26. The number of nitrogens with one attached hydrogen (secondary N) is 1. The van der Waals surface area contributed by atoms with Crippen molar-refractivity contribution in [1.82, 2.24) is 5.32 Å². The summed E-state index contributed by atoms with van der Waals surface area (Å²) in [6.45, 7) is 0. The quantitative estimate of drug-likeness (QED) is 0.832. The molecule has 1 aromatic carbocycles. The second kappa shape index (κ2) is 4.23. The van der Waals surface area contributed by atoms with Crippen LogP contribution >= 0.6 is 0 Å². The van der Waals surface area contributed by atoms with Crippen LogP contribution in [0.1, 0.15) is 28.8 Å². The van der Waals surface area contributed by atoms with Crippen molar-refractivity contribution >= 4 is 5.91 Å². The Balaban J connectivity index is 2.41. The van der Waals surface area contributed by atoms with Crippen LogP contribution in [0.2, 0.25) is 0 Å². The molecule has 0 aliphatic heterocycles. The molecule has 2 rings (SSSR count). The van der Waals surface area contributed by atoms with Crippen molar-refractivity contribution in [3.05, 3.63) is 29.3 Å². The van der Waals surface area contributed by atoms with Crippen molar-refractivity contribution < 1.29 is 9.53 Å². The first-order valence-corrected chi connectivity index (χ1v) is 5.18. The highest BCUT2D eigenvalue weighted by molar-refractivity contribution is 5.99. The maximum Gasteiger partial charge on any atom is 0.256 e. The van der Waals surface area contributed by atoms with Crippen molar-refractivity contribution in [2.24, 2.45) is 0 Å². The molecular formula is C12H12N2O2. The van der Waals surface area contributed by atoms with Gasteiger partial charge in [-0.05, 0) is 25.0 Å². The average Bonchev–Trinajstić information content (AvgIpc) is 3.11. The van der Waals surface area contributed by atoms with E-state index in [1.165, 1.54) is 7.05 Å². The molecule has 1 saturated carbocycles. The van der Waals surface area contributed by atoms with Crippen LogP contribution in [0.25, 0.3) is 0 Å². The first kappa shape index (κ1) is 10.5. The molecule has 1 amide bonds. The average molecular weight is 216 g/mol. The van der Waals surface area contributed by atoms with Gasteiger partial charge in [0.1, 0.15) is 11.8 Å². The molecule has 4 heteroatoms. The van der Waals surface area contributed by atoms with Crippen LogP contribution in [0, 0.1) is 11.3 Å². The van der Waals surface area contributed by atoms with Gasteiger partial charge in [0.15, 0.2) is 0 Å². The molecule has 0 atom stereocenters. The van der Waals surface area contributed by atoms with E-state index in [4.69, 9.17) is 10.00 Å². The minimum absolute atomic E-state index is 0.206. The Hall–Kier alpha value is -2.02. The van der Waals surface area contributed by atoms with Gasteiger partial charge < -0.3 is 10.1 Å². The van der Waals surface area contributed by atoms with Gasteiger partial charge >= 0.3 is 0 Å². The predicted octanol–water partition coefficient (Wildman–Crippen LogP) is 1.46. The van der Waals surface area contributed by atoms with Gasteiger partial charge in [0.25, 0.3) is 5.91 Å². The number of ether oxygens (including phenoxy) is 1. The molecular weight excluding hydrogens is 204 g/mol. The summed E-state index contributed by atoms with van der Waals surface area (Å²) in [5, 5.41) is 11.5. The Kier molecular flexibility index (Phi) is 2.78. The van der Waals surface area contributed by atoms with Gasteiger partial charge in [-0.1, -0.05) is 6.07 Å². The van der Waals surface area contributed by atoms with E-state index in [1.54, 1.807) is 18.2 Å². The summed E-state index contributed by atoms with van der Waals surface area (Å²) >= 11 is 0. The summed E-state index contributed by atoms with van der Waals surface area (Å²) in [7, 11) is 1.54. The van der Waals surface area contributed by atoms with Gasteiger partial charge in [0, 0.05) is 7.05 Å². The maximum atomic E-state index is 11.7. The zero-order chi connectivity index (χ0) is 11.5. The molecule has 0 saturated heterocycles. The molecule has 0 radical (unpaired) electrons. The molecule has 1 fully saturated rings. The van der Waals surface area contributed by atoms with Crippen LogP contribution in [-0.4, -0.2) is 19.1 Å². The third-order valence-electron chi connectivity index (χ3n) is 2.42. The van der Waals surface area contributed by atoms with Crippen LogP contribution < -0.4 is 10.1 Å². The molecule has 82 valence electrons. The standard InChI is InChI=1S/C12H12N2O2/c1-14-12(15)11-8(7-13)3-2-4-10(11)16-9-5-6-9/h2-4,9H,5-6H2,1H3,(H,14,15). The van der Waals surface area contributed by atoms with Crippen molar-refractivity contribution in [3.63, 3.8) is 0 Å². The summed E-state index contributed by atoms with van der Waals surface area (Å²) in [5.41, 5.74) is 0.678. The summed E-state index contributed by atoms with van der Waals surface area (Å²) in [6, 6.07) is 7.07. The largest absolute Gasteiger partial charge is 0.490 e. The number of amides is 1. The maximum absolute atomic E-state index is 11.7. The third-order valence-corrected chi connectivity index (χ3v) is 2.42. The minimum Gasteiger partial charge on any atom is -0.490 e. The molecule has 1 N–H and O–H groups in total. The highest BCUT2D eigenvalue weighted by atomic mass is 16.5. The van der Waals surface area contributed by atoms with Gasteiger partial charge in [-0.25, -0.2) is 0 Å². The highest BCUT2D eigenvalue weighted by Crippen LogP contribution is 2.30. The number of hydrogen-bond donors (Lipinski definition) is 1. The molecule has 1 aliphatic carbocycles. The van der Waals surface area contributed by atoms with E-state index in [1.807, 2.05) is 6.07 Å². The van der Waals surface area contributed by atoms with Crippen molar-refractivity contribution in [2.45, 2.75) is 18.9 Å². The van der Waals surface area contributed by atoms with Crippen LogP contribution in [-0.2, 0) is 0 Å². The zero-order valence-corrected chi connectivity index (χ0v) is 8.99. The number of rotatable bonds is 3. The first-order valence-electron chi connectivity index (χ1n) is 5.18. The van der Waals surface area contributed by atoms with E-state index in [9.17, 15) is 4.79 Å². The summed E-state index contributed by atoms with van der Waals surface area (Å²) in [4.78, 5) is 11.7. The topological polar surface area (TPSA) is 62.1 Å². The summed E-state index contributed by atoms with van der Waals surface area (Å²) < 4.78 is 5.61. The molecule has 0 unspecified atom stereocenters. The molecule has 0 bridgehead atoms. The number of hydrogen-bond acceptors (Lipinski definition) is 3. The van der Waals surface area contributed by atoms with Crippen molar-refractivity contribution in [1.29, 1.82) is 5.26 Å². The molecule has 16 heavy (non-hydrogen) atoms. The number of benzene rings is 1. The first-order chi connectivity index (χ1) is 7.76. The lowest BCUT2D eigenvalue weighted by molar-refractivity contribution is 0.0958. The normalized spacial score (nSPS) is 14.0. The second-order valence-electron chi connectivity index (χ2n) is 3.69. The van der Waals surface area contributed by atoms with E-state index in [0.29, 0.717) is 16.9 Å². The number of carbonyl (C=O) groups excluding carboxylic acids is 1. The van der Waals surface area contributed by atoms with Crippen LogP contribution in [0.15, 0.2) is 18.2 Å². The Morgan fingerprint density at radius 3 is 2.88 bits per heavy atom. The van der Waals surface area contributed by atoms with Crippen LogP contribution in [0.4, 0.5) is 0 Å². The molecule has 0 heterocycles. The predicted molar refractivity (Wildman–Crippen MR) is 58.2 cm³/mol. The van der Waals surface area contributed by atoms with Crippen LogP contribution in [0.3, 0.4) is 0 Å². The lowest BCUT2D eigenvalue weighted by atomic mass is 10.1. The monoisotopic (exact) mass is 216 g/mol. The summed E-state index contributed by atoms with van der Waals surface area (Å²) in [5.74, 6) is 0.216. The van der Waals surface area contributed by atoms with Gasteiger partial charge in [0.05, 0.1) is 17.2 Å². The fourth-order valence-corrected chi connectivity index (χ4v) is 1.45. The van der Waals surface area contributed by atoms with E-state index >= 15 is 0 Å². The van der Waals surface area contributed by atoms with Gasteiger partial charge in [-0.2, -0.15) is 5.26 Å². The Bertz CT molecular complexity index is 459.